The molecule has 0 aliphatic carbocycles. The van der Waals surface area contributed by atoms with Crippen LogP contribution >= 0.6 is 0 Å². The molecule has 4 rings (SSSR count). The first-order valence-corrected chi connectivity index (χ1v) is 9.07. The molecule has 1 aliphatic heterocycles. The molecule has 1 aliphatic rings. The molecule has 138 valence electrons. The number of imidazole rings is 1. The number of nitrogens with zero attached hydrogens (tertiary/aromatic N) is 2. The normalized spacial score (nSPS) is 17.1. The number of hydrogen-bond acceptors (Lipinski definition) is 3. The lowest BCUT2D eigenvalue weighted by atomic mass is 10.0. The van der Waals surface area contributed by atoms with Gasteiger partial charge in [0, 0.05) is 24.1 Å². The Morgan fingerprint density at radius 3 is 2.85 bits per heavy atom. The summed E-state index contributed by atoms with van der Waals surface area (Å²) in [4.78, 5) is 22.1. The number of hydrogen-bond donors (Lipinski definition) is 2. The number of H-pyrrole nitrogens is 1. The highest BCUT2D eigenvalue weighted by atomic mass is 19.1. The summed E-state index contributed by atoms with van der Waals surface area (Å²) in [6, 6.07) is 13.8. The van der Waals surface area contributed by atoms with Crippen LogP contribution in [0.2, 0.25) is 0 Å². The van der Waals surface area contributed by atoms with Crippen molar-refractivity contribution in [3.63, 3.8) is 0 Å². The van der Waals surface area contributed by atoms with Gasteiger partial charge in [-0.1, -0.05) is 24.3 Å². The Morgan fingerprint density at radius 2 is 2.07 bits per heavy atom. The van der Waals surface area contributed by atoms with Gasteiger partial charge in [-0.25, -0.2) is 9.37 Å². The first-order valence-electron chi connectivity index (χ1n) is 9.07. The van der Waals surface area contributed by atoms with Gasteiger partial charge in [-0.3, -0.25) is 9.69 Å². The highest BCUT2D eigenvalue weighted by molar-refractivity contribution is 5.95. The van der Waals surface area contributed by atoms with Crippen LogP contribution in [0, 0.1) is 5.82 Å². The number of benzene rings is 2. The summed E-state index contributed by atoms with van der Waals surface area (Å²) in [5.41, 5.74) is 3.60. The van der Waals surface area contributed by atoms with Crippen LogP contribution in [-0.4, -0.2) is 33.4 Å². The van der Waals surface area contributed by atoms with Gasteiger partial charge in [-0.15, -0.1) is 0 Å². The van der Waals surface area contributed by atoms with Crippen molar-refractivity contribution in [2.45, 2.75) is 25.4 Å². The molecule has 1 aromatic heterocycles. The van der Waals surface area contributed by atoms with E-state index in [9.17, 15) is 9.18 Å². The molecule has 1 atom stereocenters. The molecule has 3 aromatic rings. The predicted molar refractivity (Wildman–Crippen MR) is 102 cm³/mol. The van der Waals surface area contributed by atoms with Crippen LogP contribution in [0.3, 0.4) is 0 Å². The SMILES string of the molecule is O=C(Nc1cccc(-c2ccc(F)cc2)c1)C1CCCN1Cc1cnc[nH]1. The van der Waals surface area contributed by atoms with Crippen molar-refractivity contribution in [1.29, 1.82) is 0 Å². The van der Waals surface area contributed by atoms with E-state index in [2.05, 4.69) is 20.2 Å². The molecule has 0 radical (unpaired) electrons. The molecule has 0 saturated carbocycles. The van der Waals surface area contributed by atoms with Crippen LogP contribution in [-0.2, 0) is 11.3 Å². The van der Waals surface area contributed by atoms with Crippen LogP contribution in [0.25, 0.3) is 11.1 Å². The van der Waals surface area contributed by atoms with Gasteiger partial charge in [-0.05, 0) is 54.8 Å². The molecule has 1 unspecified atom stereocenters. The molecule has 6 heteroatoms. The Balaban J connectivity index is 1.46. The molecule has 1 saturated heterocycles. The number of halogens is 1. The van der Waals surface area contributed by atoms with Crippen molar-refractivity contribution in [3.8, 4) is 11.1 Å². The maximum absolute atomic E-state index is 13.1. The van der Waals surface area contributed by atoms with E-state index in [1.165, 1.54) is 12.1 Å². The third-order valence-corrected chi connectivity index (χ3v) is 4.90. The van der Waals surface area contributed by atoms with Gasteiger partial charge in [0.25, 0.3) is 0 Å². The van der Waals surface area contributed by atoms with Crippen molar-refractivity contribution in [2.75, 3.05) is 11.9 Å². The molecule has 0 spiro atoms. The van der Waals surface area contributed by atoms with Crippen LogP contribution in [0.4, 0.5) is 10.1 Å². The van der Waals surface area contributed by atoms with Gasteiger partial charge in [0.2, 0.25) is 5.91 Å². The summed E-state index contributed by atoms with van der Waals surface area (Å²) < 4.78 is 13.1. The van der Waals surface area contributed by atoms with Crippen molar-refractivity contribution in [1.82, 2.24) is 14.9 Å². The van der Waals surface area contributed by atoms with Crippen LogP contribution < -0.4 is 5.32 Å². The van der Waals surface area contributed by atoms with Crippen LogP contribution in [0.5, 0.6) is 0 Å². The highest BCUT2D eigenvalue weighted by Gasteiger charge is 2.30. The van der Waals surface area contributed by atoms with Gasteiger partial charge < -0.3 is 10.3 Å². The second-order valence-corrected chi connectivity index (χ2v) is 6.78. The third kappa shape index (κ3) is 4.06. The average molecular weight is 364 g/mol. The molecule has 1 fully saturated rings. The number of nitrogens with one attached hydrogen (secondary N) is 2. The minimum Gasteiger partial charge on any atom is -0.347 e. The number of aromatic amines is 1. The molecular weight excluding hydrogens is 343 g/mol. The summed E-state index contributed by atoms with van der Waals surface area (Å²) in [6.07, 6.45) is 5.29. The Labute approximate surface area is 157 Å². The Kier molecular flexibility index (Phi) is 4.98. The van der Waals surface area contributed by atoms with Crippen molar-refractivity contribution < 1.29 is 9.18 Å². The molecule has 1 amide bonds. The quantitative estimate of drug-likeness (QED) is 0.724. The highest BCUT2D eigenvalue weighted by Crippen LogP contribution is 2.25. The first-order chi connectivity index (χ1) is 13.2. The fourth-order valence-corrected chi connectivity index (χ4v) is 3.55. The zero-order chi connectivity index (χ0) is 18.6. The molecule has 27 heavy (non-hydrogen) atoms. The number of amides is 1. The first kappa shape index (κ1) is 17.4. The number of anilines is 1. The van der Waals surface area contributed by atoms with Crippen LogP contribution in [0.1, 0.15) is 18.5 Å². The number of likely N-dealkylation sites (tertiary alicyclic amines) is 1. The predicted octanol–water partition coefficient (Wildman–Crippen LogP) is 3.82. The molecule has 2 N–H and O–H groups in total. The standard InChI is InChI=1S/C21H21FN4O/c22-17-8-6-15(7-9-17)16-3-1-4-18(11-16)25-21(27)20-5-2-10-26(20)13-19-12-23-14-24-19/h1,3-4,6-9,11-12,14,20H,2,5,10,13H2,(H,23,24)(H,25,27). The van der Waals surface area contributed by atoms with E-state index in [-0.39, 0.29) is 17.8 Å². The zero-order valence-corrected chi connectivity index (χ0v) is 14.9. The number of carbonyl (C=O) groups is 1. The number of carbonyl (C=O) groups excluding carboxylic acids is 1. The average Bonchev–Trinajstić information content (AvgIpc) is 3.35. The Morgan fingerprint density at radius 1 is 1.22 bits per heavy atom. The second-order valence-electron chi connectivity index (χ2n) is 6.78. The van der Waals surface area contributed by atoms with Gasteiger partial charge in [-0.2, -0.15) is 0 Å². The van der Waals surface area contributed by atoms with E-state index in [4.69, 9.17) is 0 Å². The number of aromatic nitrogens is 2. The molecule has 2 heterocycles. The second kappa shape index (κ2) is 7.72. The minimum absolute atomic E-state index is 0.00303. The minimum atomic E-state index is -0.262. The fraction of sp³-hybridized carbons (Fsp3) is 0.238. The fourth-order valence-electron chi connectivity index (χ4n) is 3.55. The third-order valence-electron chi connectivity index (χ3n) is 4.90. The molecule has 2 aromatic carbocycles. The summed E-state index contributed by atoms with van der Waals surface area (Å²) in [6.45, 7) is 1.58. The van der Waals surface area contributed by atoms with E-state index >= 15 is 0 Å². The van der Waals surface area contributed by atoms with E-state index in [0.29, 0.717) is 6.54 Å². The summed E-state index contributed by atoms with van der Waals surface area (Å²) in [5.74, 6) is -0.259. The molecule has 0 bridgehead atoms. The summed E-state index contributed by atoms with van der Waals surface area (Å²) in [7, 11) is 0. The largest absolute Gasteiger partial charge is 0.347 e. The van der Waals surface area contributed by atoms with E-state index in [1.807, 2.05) is 24.3 Å². The lowest BCUT2D eigenvalue weighted by Gasteiger charge is -2.23. The lowest BCUT2D eigenvalue weighted by molar-refractivity contribution is -0.120. The zero-order valence-electron chi connectivity index (χ0n) is 14.9. The van der Waals surface area contributed by atoms with Crippen molar-refractivity contribution in [2.24, 2.45) is 0 Å². The van der Waals surface area contributed by atoms with Crippen LogP contribution in [0.15, 0.2) is 61.1 Å². The van der Waals surface area contributed by atoms with Gasteiger partial charge in [0.05, 0.1) is 12.4 Å². The number of rotatable bonds is 5. The molecular formula is C21H21FN4O. The van der Waals surface area contributed by atoms with Crippen molar-refractivity contribution >= 4 is 11.6 Å². The van der Waals surface area contributed by atoms with Crippen molar-refractivity contribution in [3.05, 3.63) is 72.6 Å². The van der Waals surface area contributed by atoms with Gasteiger partial charge in [0.1, 0.15) is 5.82 Å². The smallest absolute Gasteiger partial charge is 0.241 e. The molecule has 5 nitrogen and oxygen atoms in total. The van der Waals surface area contributed by atoms with E-state index < -0.39 is 0 Å². The summed E-state index contributed by atoms with van der Waals surface area (Å²) in [5, 5.41) is 3.03. The van der Waals surface area contributed by atoms with E-state index in [0.717, 1.165) is 41.9 Å². The lowest BCUT2D eigenvalue weighted by Crippen LogP contribution is -2.39. The Bertz CT molecular complexity index is 908. The Hall–Kier alpha value is -2.99. The van der Waals surface area contributed by atoms with Gasteiger partial charge in [0.15, 0.2) is 0 Å². The monoisotopic (exact) mass is 364 g/mol. The topological polar surface area (TPSA) is 61.0 Å². The van der Waals surface area contributed by atoms with Gasteiger partial charge >= 0.3 is 0 Å². The summed E-state index contributed by atoms with van der Waals surface area (Å²) >= 11 is 0. The van der Waals surface area contributed by atoms with E-state index in [1.54, 1.807) is 24.7 Å². The maximum atomic E-state index is 13.1. The maximum Gasteiger partial charge on any atom is 0.241 e.